The molecule has 3 aromatic rings. The van der Waals surface area contributed by atoms with Gasteiger partial charge in [-0.3, -0.25) is 15.5 Å². The zero-order valence-corrected chi connectivity index (χ0v) is 21.7. The summed E-state index contributed by atoms with van der Waals surface area (Å²) in [6.07, 6.45) is 5.66. The van der Waals surface area contributed by atoms with Crippen LogP contribution in [0.1, 0.15) is 62.4 Å². The van der Waals surface area contributed by atoms with Crippen molar-refractivity contribution < 1.29 is 19.1 Å². The molecular formula is C28H33N5O5. The van der Waals surface area contributed by atoms with E-state index in [0.717, 1.165) is 31.2 Å². The summed E-state index contributed by atoms with van der Waals surface area (Å²) in [7, 11) is 0. The van der Waals surface area contributed by atoms with E-state index >= 15 is 0 Å². The number of amides is 1. The Morgan fingerprint density at radius 3 is 2.34 bits per heavy atom. The summed E-state index contributed by atoms with van der Waals surface area (Å²) in [6, 6.07) is 14.1. The van der Waals surface area contributed by atoms with Crippen LogP contribution in [0, 0.1) is 12.3 Å². The highest BCUT2D eigenvalue weighted by Crippen LogP contribution is 2.21. The second-order valence-corrected chi connectivity index (χ2v) is 9.26. The number of alkyl carbamates (subject to hydrolysis) is 1. The molecule has 0 saturated heterocycles. The number of carbonyl (C=O) groups is 2. The Kier molecular flexibility index (Phi) is 8.73. The minimum absolute atomic E-state index is 0.0645. The van der Waals surface area contributed by atoms with Crippen molar-refractivity contribution in [1.29, 1.82) is 5.41 Å². The fraction of sp³-hybridized carbons (Fsp3) is 0.393. The number of nitrogens with one attached hydrogen (secondary N) is 2. The first kappa shape index (κ1) is 26.8. The highest BCUT2D eigenvalue weighted by atomic mass is 16.5. The van der Waals surface area contributed by atoms with Crippen molar-refractivity contribution >= 4 is 17.9 Å². The molecule has 0 spiro atoms. The van der Waals surface area contributed by atoms with Crippen molar-refractivity contribution in [3.05, 3.63) is 76.0 Å². The molecule has 2 aromatic carbocycles. The summed E-state index contributed by atoms with van der Waals surface area (Å²) in [5.41, 5.74) is 2.31. The van der Waals surface area contributed by atoms with Crippen LogP contribution in [-0.4, -0.2) is 45.0 Å². The van der Waals surface area contributed by atoms with E-state index in [1.807, 2.05) is 24.3 Å². The monoisotopic (exact) mass is 519 g/mol. The van der Waals surface area contributed by atoms with E-state index in [2.05, 4.69) is 10.4 Å². The van der Waals surface area contributed by atoms with E-state index in [4.69, 9.17) is 14.9 Å². The van der Waals surface area contributed by atoms with Crippen LogP contribution in [0.15, 0.2) is 53.3 Å². The van der Waals surface area contributed by atoms with E-state index in [1.165, 1.54) is 15.7 Å². The number of nitrogens with zero attached hydrogens (tertiary/aromatic N) is 3. The third kappa shape index (κ3) is 6.56. The number of carbonyl (C=O) groups excluding carboxylic acids is 2. The molecule has 10 heteroatoms. The maximum absolute atomic E-state index is 13.2. The third-order valence-electron chi connectivity index (χ3n) is 6.51. The molecule has 1 saturated carbocycles. The van der Waals surface area contributed by atoms with Crippen LogP contribution < -0.4 is 11.0 Å². The Morgan fingerprint density at radius 1 is 1.03 bits per heavy atom. The minimum Gasteiger partial charge on any atom is -0.462 e. The molecule has 1 fully saturated rings. The number of aromatic nitrogens is 3. The first-order valence-corrected chi connectivity index (χ1v) is 13.0. The highest BCUT2D eigenvalue weighted by molar-refractivity contribution is 6.04. The lowest BCUT2D eigenvalue weighted by Gasteiger charge is -2.21. The zero-order chi connectivity index (χ0) is 27.1. The summed E-state index contributed by atoms with van der Waals surface area (Å²) in [5.74, 6) is 0.248. The number of hydrogen-bond donors (Lipinski definition) is 2. The Morgan fingerprint density at radius 2 is 1.68 bits per heavy atom. The van der Waals surface area contributed by atoms with Gasteiger partial charge in [0.05, 0.1) is 18.0 Å². The van der Waals surface area contributed by atoms with Crippen molar-refractivity contribution in [2.45, 2.75) is 64.9 Å². The van der Waals surface area contributed by atoms with Gasteiger partial charge in [-0.05, 0) is 87.9 Å². The van der Waals surface area contributed by atoms with Gasteiger partial charge in [-0.25, -0.2) is 14.2 Å². The summed E-state index contributed by atoms with van der Waals surface area (Å²) in [5, 5.41) is 14.8. The molecule has 1 aliphatic rings. The molecule has 0 bridgehead atoms. The van der Waals surface area contributed by atoms with E-state index in [1.54, 1.807) is 38.1 Å². The Bertz CT molecular complexity index is 1340. The van der Waals surface area contributed by atoms with E-state index in [0.29, 0.717) is 35.6 Å². The lowest BCUT2D eigenvalue weighted by Crippen LogP contribution is -2.31. The molecule has 4 rings (SSSR count). The summed E-state index contributed by atoms with van der Waals surface area (Å²) in [6.45, 7) is 3.64. The molecule has 38 heavy (non-hydrogen) atoms. The summed E-state index contributed by atoms with van der Waals surface area (Å²) >= 11 is 0. The first-order valence-electron chi connectivity index (χ1n) is 13.0. The SMILES string of the molecule is CCOC(=O)NC(=N)c1ccc(-n2nc(C)n(-c3ccc(CCC(=O)OC4CCCCC4)cc3)c2=O)cc1. The van der Waals surface area contributed by atoms with Crippen LogP contribution in [0.25, 0.3) is 11.4 Å². The number of esters is 1. The van der Waals surface area contributed by atoms with Gasteiger partial charge in [0.25, 0.3) is 0 Å². The average molecular weight is 520 g/mol. The van der Waals surface area contributed by atoms with Crippen molar-refractivity contribution in [2.24, 2.45) is 0 Å². The molecule has 1 aromatic heterocycles. The maximum atomic E-state index is 13.2. The zero-order valence-electron chi connectivity index (χ0n) is 21.7. The van der Waals surface area contributed by atoms with Crippen molar-refractivity contribution in [3.63, 3.8) is 0 Å². The van der Waals surface area contributed by atoms with Crippen LogP contribution >= 0.6 is 0 Å². The first-order chi connectivity index (χ1) is 18.4. The van der Waals surface area contributed by atoms with Crippen molar-refractivity contribution in [3.8, 4) is 11.4 Å². The fourth-order valence-corrected chi connectivity index (χ4v) is 4.53. The van der Waals surface area contributed by atoms with Gasteiger partial charge in [-0.2, -0.15) is 4.68 Å². The van der Waals surface area contributed by atoms with Gasteiger partial charge in [-0.1, -0.05) is 18.6 Å². The van der Waals surface area contributed by atoms with Gasteiger partial charge >= 0.3 is 17.8 Å². The number of hydrogen-bond acceptors (Lipinski definition) is 7. The normalized spacial score (nSPS) is 13.6. The summed E-state index contributed by atoms with van der Waals surface area (Å²) < 4.78 is 13.2. The number of ether oxygens (including phenoxy) is 2. The van der Waals surface area contributed by atoms with Gasteiger partial charge in [0.15, 0.2) is 0 Å². The minimum atomic E-state index is -0.697. The number of amidine groups is 1. The molecule has 2 N–H and O–H groups in total. The van der Waals surface area contributed by atoms with Crippen molar-refractivity contribution in [1.82, 2.24) is 19.7 Å². The fourth-order valence-electron chi connectivity index (χ4n) is 4.53. The topological polar surface area (TPSA) is 128 Å². The number of rotatable bonds is 8. The number of benzene rings is 2. The van der Waals surface area contributed by atoms with E-state index < -0.39 is 6.09 Å². The summed E-state index contributed by atoms with van der Waals surface area (Å²) in [4.78, 5) is 37.0. The molecule has 0 radical (unpaired) electrons. The second-order valence-electron chi connectivity index (χ2n) is 9.26. The van der Waals surface area contributed by atoms with Crippen LogP contribution in [0.2, 0.25) is 0 Å². The molecule has 1 aliphatic carbocycles. The molecular weight excluding hydrogens is 486 g/mol. The largest absolute Gasteiger partial charge is 0.462 e. The van der Waals surface area contributed by atoms with Gasteiger partial charge in [0, 0.05) is 12.0 Å². The van der Waals surface area contributed by atoms with Crippen LogP contribution in [-0.2, 0) is 20.7 Å². The quantitative estimate of drug-likeness (QED) is 0.261. The third-order valence-corrected chi connectivity index (χ3v) is 6.51. The molecule has 1 amide bonds. The number of aryl methyl sites for hydroxylation is 2. The van der Waals surface area contributed by atoms with E-state index in [9.17, 15) is 14.4 Å². The van der Waals surface area contributed by atoms with Crippen LogP contribution in [0.3, 0.4) is 0 Å². The van der Waals surface area contributed by atoms with Crippen molar-refractivity contribution in [2.75, 3.05) is 6.61 Å². The molecule has 0 aliphatic heterocycles. The molecule has 0 unspecified atom stereocenters. The maximum Gasteiger partial charge on any atom is 0.412 e. The standard InChI is InChI=1S/C28H33N5O5/c1-3-37-27(35)30-26(29)21-12-16-23(17-13-21)33-28(36)32(19(2)31-33)22-14-9-20(10-15-22)11-18-25(34)38-24-7-5-4-6-8-24/h9-10,12-17,24H,3-8,11,18H2,1-2H3,(H2,29,30,35). The van der Waals surface area contributed by atoms with Crippen LogP contribution in [0.4, 0.5) is 4.79 Å². The molecule has 0 atom stereocenters. The average Bonchev–Trinajstić information content (AvgIpc) is 3.22. The highest BCUT2D eigenvalue weighted by Gasteiger charge is 2.18. The lowest BCUT2D eigenvalue weighted by molar-refractivity contribution is -0.150. The van der Waals surface area contributed by atoms with Crippen LogP contribution in [0.5, 0.6) is 0 Å². The van der Waals surface area contributed by atoms with Gasteiger partial charge in [0.2, 0.25) is 0 Å². The smallest absolute Gasteiger partial charge is 0.412 e. The van der Waals surface area contributed by atoms with Gasteiger partial charge < -0.3 is 9.47 Å². The van der Waals surface area contributed by atoms with Gasteiger partial charge in [0.1, 0.15) is 17.8 Å². The predicted octanol–water partition coefficient (Wildman–Crippen LogP) is 4.21. The second kappa shape index (κ2) is 12.4. The molecule has 10 nitrogen and oxygen atoms in total. The van der Waals surface area contributed by atoms with Gasteiger partial charge in [-0.15, -0.1) is 5.10 Å². The Hall–Kier alpha value is -4.21. The predicted molar refractivity (Wildman–Crippen MR) is 142 cm³/mol. The Balaban J connectivity index is 1.41. The van der Waals surface area contributed by atoms with E-state index in [-0.39, 0.29) is 30.2 Å². The molecule has 200 valence electrons. The lowest BCUT2D eigenvalue weighted by atomic mass is 9.98. The Labute approximate surface area is 221 Å². The molecule has 1 heterocycles.